The second-order valence-electron chi connectivity index (χ2n) is 1.67. The number of hydrogen-bond acceptors (Lipinski definition) is 5. The number of hydrogen-bond donors (Lipinski definition) is 0. The molecule has 17 heavy (non-hydrogen) atoms. The maximum atomic E-state index is 7.50. The molecule has 8 nitrogen and oxygen atoms in total. The zero-order chi connectivity index (χ0) is 14.7. The van der Waals surface area contributed by atoms with Gasteiger partial charge < -0.3 is 0 Å². The van der Waals surface area contributed by atoms with E-state index in [0.29, 0.717) is 19.8 Å². The Labute approximate surface area is 108 Å². The van der Waals surface area contributed by atoms with Gasteiger partial charge in [-0.25, -0.2) is 0 Å². The van der Waals surface area contributed by atoms with Crippen LogP contribution < -0.4 is 0 Å². The standard InChI is InChI=1S/C6H15O3P.CO.Fe.2NO/c1-4-7-10(8-5-2)9-6-3;1-2;;2*1-2/h4-6H2,1-3H3;;;;/q;;;2*+1. The van der Waals surface area contributed by atoms with Gasteiger partial charge in [0.05, 0.1) is 0 Å². The van der Waals surface area contributed by atoms with Crippen molar-refractivity contribution in [2.45, 2.75) is 20.8 Å². The predicted molar refractivity (Wildman–Crippen MR) is 50.6 cm³/mol. The molecule has 0 fully saturated rings. The van der Waals surface area contributed by atoms with Gasteiger partial charge >= 0.3 is 107 Å². The van der Waals surface area contributed by atoms with Crippen molar-refractivity contribution in [3.63, 3.8) is 0 Å². The molecule has 0 radical (unpaired) electrons. The summed E-state index contributed by atoms with van der Waals surface area (Å²) in [7, 11) is 0. The Hall–Kier alpha value is -0.0905. The van der Waals surface area contributed by atoms with Gasteiger partial charge in [0, 0.05) is 0 Å². The molecular formula is C7H15FeN2O6P+2. The summed E-state index contributed by atoms with van der Waals surface area (Å²) in [5, 5.41) is 0. The first-order chi connectivity index (χ1) is 8.18. The molecule has 0 spiro atoms. The van der Waals surface area contributed by atoms with Crippen molar-refractivity contribution in [3.8, 4) is 0 Å². The van der Waals surface area contributed by atoms with Crippen molar-refractivity contribution in [2.24, 2.45) is 0 Å². The molecule has 0 aliphatic rings. The Morgan fingerprint density at radius 1 is 0.882 bits per heavy atom. The molecule has 0 saturated carbocycles. The molecule has 100 valence electrons. The summed E-state index contributed by atoms with van der Waals surface area (Å²) in [5.74, 6) is 0. The van der Waals surface area contributed by atoms with Crippen LogP contribution in [-0.4, -0.2) is 19.8 Å². The van der Waals surface area contributed by atoms with Crippen molar-refractivity contribution < 1.29 is 42.9 Å². The predicted octanol–water partition coefficient (Wildman–Crippen LogP) is 2.08. The van der Waals surface area contributed by atoms with E-state index in [9.17, 15) is 0 Å². The summed E-state index contributed by atoms with van der Waals surface area (Å²) in [4.78, 5) is 0. The van der Waals surface area contributed by atoms with Gasteiger partial charge in [-0.3, -0.25) is 0 Å². The summed E-state index contributed by atoms with van der Waals surface area (Å²) in [5.41, 5.74) is 11.5. The first-order valence-corrected chi connectivity index (χ1v) is 7.16. The van der Waals surface area contributed by atoms with Crippen molar-refractivity contribution in [1.82, 2.24) is 0 Å². The minimum absolute atomic E-state index is 0.581. The van der Waals surface area contributed by atoms with Crippen molar-refractivity contribution >= 4 is 6.19 Å². The van der Waals surface area contributed by atoms with Crippen LogP contribution in [0, 0.1) is 17.6 Å². The van der Waals surface area contributed by atoms with E-state index < -0.39 is 6.19 Å². The van der Waals surface area contributed by atoms with Crippen molar-refractivity contribution in [1.29, 1.82) is 10.9 Å². The maximum absolute atomic E-state index is 7.50. The normalized spacial score (nSPS) is 8.12. The molecule has 0 aliphatic heterocycles. The summed E-state index contributed by atoms with van der Waals surface area (Å²) < 4.78 is 37.8. The molecule has 0 unspecified atom stereocenters. The van der Waals surface area contributed by atoms with Gasteiger partial charge in [0.2, 0.25) is 0 Å². The Bertz CT molecular complexity index is 206. The summed E-state index contributed by atoms with van der Waals surface area (Å²) in [6.07, 6.45) is -2.22. The second kappa shape index (κ2) is 24.9. The summed E-state index contributed by atoms with van der Waals surface area (Å²) in [6, 6.07) is 0. The molecule has 0 saturated heterocycles. The average Bonchev–Trinajstić information content (AvgIpc) is 2.37. The van der Waals surface area contributed by atoms with E-state index in [1.165, 1.54) is 0 Å². The zero-order valence-electron chi connectivity index (χ0n) is 9.77. The van der Waals surface area contributed by atoms with Gasteiger partial charge in [-0.05, 0) is 0 Å². The van der Waals surface area contributed by atoms with Gasteiger partial charge in [0.15, 0.2) is 0 Å². The Morgan fingerprint density at radius 2 is 1.06 bits per heavy atom. The molecule has 0 heterocycles. The molecule has 0 aromatic heterocycles. The van der Waals surface area contributed by atoms with Crippen molar-refractivity contribution in [2.75, 3.05) is 19.8 Å². The van der Waals surface area contributed by atoms with Gasteiger partial charge in [0.1, 0.15) is 0 Å². The molecule has 0 bridgehead atoms. The average molecular weight is 310 g/mol. The van der Waals surface area contributed by atoms with Gasteiger partial charge in [-0.15, -0.1) is 0 Å². The van der Waals surface area contributed by atoms with Crippen LogP contribution in [0.2, 0.25) is 0 Å². The molecule has 0 atom stereocenters. The fourth-order valence-electron chi connectivity index (χ4n) is 0.565. The Kier molecular flexibility index (Phi) is 37.7. The van der Waals surface area contributed by atoms with Crippen LogP contribution in [0.3, 0.4) is 0 Å². The van der Waals surface area contributed by atoms with E-state index in [2.05, 4.69) is 21.7 Å². The van der Waals surface area contributed by atoms with Gasteiger partial charge in [-0.1, -0.05) is 0 Å². The molecule has 0 aromatic carbocycles. The van der Waals surface area contributed by atoms with Crippen LogP contribution in [0.25, 0.3) is 0 Å². The van der Waals surface area contributed by atoms with Gasteiger partial charge in [0.25, 0.3) is 0 Å². The monoisotopic (exact) mass is 310 g/mol. The Morgan fingerprint density at radius 3 is 1.18 bits per heavy atom. The third kappa shape index (κ3) is 21.7. The molecule has 0 aliphatic carbocycles. The first kappa shape index (κ1) is 25.7. The van der Waals surface area contributed by atoms with E-state index >= 15 is 0 Å². The molecular weight excluding hydrogens is 295 g/mol. The first-order valence-electron chi connectivity index (χ1n) is 4.26. The van der Waals surface area contributed by atoms with Crippen LogP contribution in [0.5, 0.6) is 0 Å². The van der Waals surface area contributed by atoms with E-state index in [1.807, 2.05) is 20.8 Å². The molecule has 0 rings (SSSR count). The van der Waals surface area contributed by atoms with Crippen molar-refractivity contribution in [3.05, 3.63) is 6.65 Å². The third-order valence-corrected chi connectivity index (χ3v) is 3.80. The molecule has 10 heteroatoms. The molecule has 0 aromatic rings. The number of rotatable bonds is 6. The molecule has 0 amide bonds. The zero-order valence-corrected chi connectivity index (χ0v) is 11.8. The fourth-order valence-corrected chi connectivity index (χ4v) is 2.98. The van der Waals surface area contributed by atoms with Crippen LogP contribution in [0.4, 0.5) is 0 Å². The van der Waals surface area contributed by atoms with Crippen LogP contribution in [0.15, 0.2) is 0 Å². The van der Waals surface area contributed by atoms with E-state index in [4.69, 9.17) is 38.7 Å². The van der Waals surface area contributed by atoms with Crippen LogP contribution in [-0.2, 0) is 42.9 Å². The number of nitrogens with zero attached hydrogens (tertiary/aromatic N) is 2. The minimum atomic E-state index is -2.22. The second-order valence-corrected chi connectivity index (χ2v) is 5.09. The van der Waals surface area contributed by atoms with E-state index in [-0.39, 0.29) is 0 Å². The Balaban J connectivity index is -0.000000121. The van der Waals surface area contributed by atoms with E-state index in [1.54, 1.807) is 0 Å². The van der Waals surface area contributed by atoms with Crippen LogP contribution in [0.1, 0.15) is 20.8 Å². The SMILES string of the molecule is CCO[P](=[Fe])(OCC)OCC.N#[O+].N#[O+].[C-]#[O+]. The topological polar surface area (TPSA) is 135 Å². The summed E-state index contributed by atoms with van der Waals surface area (Å²) >= 11 is 3.78. The summed E-state index contributed by atoms with van der Waals surface area (Å²) in [6.45, 7) is 11.9. The quantitative estimate of drug-likeness (QED) is 0.320. The third-order valence-electron chi connectivity index (χ3n) is 0.840. The van der Waals surface area contributed by atoms with Gasteiger partial charge in [-0.2, -0.15) is 0 Å². The molecule has 0 N–H and O–H groups in total. The van der Waals surface area contributed by atoms with E-state index in [0.717, 1.165) is 0 Å². The fraction of sp³-hybridized carbons (Fsp3) is 0.857. The van der Waals surface area contributed by atoms with Crippen LogP contribution >= 0.6 is 6.19 Å².